The fraction of sp³-hybridized carbons (Fsp3) is 0.600. The van der Waals surface area contributed by atoms with Crippen LogP contribution in [0.2, 0.25) is 0 Å². The monoisotopic (exact) mass is 251 g/mol. The highest BCUT2D eigenvalue weighted by Gasteiger charge is 2.24. The molecule has 0 saturated carbocycles. The van der Waals surface area contributed by atoms with E-state index < -0.39 is 0 Å². The standard InChI is InChI=1S/C15H25NO2/c1-6-17-15(18-7-2)14(16-5)13-10-8-9-11(3)12(13)4/h8-10,14-16H,6-7H2,1-5H3. The quantitative estimate of drug-likeness (QED) is 0.756. The summed E-state index contributed by atoms with van der Waals surface area (Å²) in [6.45, 7) is 9.54. The number of ether oxygens (including phenoxy) is 2. The van der Waals surface area contributed by atoms with Gasteiger partial charge >= 0.3 is 0 Å². The number of aryl methyl sites for hydroxylation is 1. The van der Waals surface area contributed by atoms with Crippen molar-refractivity contribution in [2.75, 3.05) is 20.3 Å². The van der Waals surface area contributed by atoms with Gasteiger partial charge in [0.1, 0.15) is 0 Å². The van der Waals surface area contributed by atoms with Crippen LogP contribution >= 0.6 is 0 Å². The highest BCUT2D eigenvalue weighted by atomic mass is 16.7. The molecule has 102 valence electrons. The third-order valence-electron chi connectivity index (χ3n) is 3.23. The number of benzene rings is 1. The van der Waals surface area contributed by atoms with Crippen molar-refractivity contribution >= 4 is 0 Å². The molecule has 0 aromatic heterocycles. The van der Waals surface area contributed by atoms with Gasteiger partial charge in [-0.3, -0.25) is 0 Å². The van der Waals surface area contributed by atoms with Crippen LogP contribution in [-0.2, 0) is 9.47 Å². The average molecular weight is 251 g/mol. The summed E-state index contributed by atoms with van der Waals surface area (Å²) in [5, 5.41) is 3.31. The van der Waals surface area contributed by atoms with Crippen LogP contribution in [0.5, 0.6) is 0 Å². The minimum absolute atomic E-state index is 0.0600. The summed E-state index contributed by atoms with van der Waals surface area (Å²) in [6, 6.07) is 6.40. The molecule has 1 aromatic rings. The molecule has 0 fully saturated rings. The van der Waals surface area contributed by atoms with Crippen LogP contribution in [0.4, 0.5) is 0 Å². The summed E-state index contributed by atoms with van der Waals surface area (Å²) in [7, 11) is 1.94. The molecule has 0 heterocycles. The molecular formula is C15H25NO2. The van der Waals surface area contributed by atoms with Crippen LogP contribution in [0.3, 0.4) is 0 Å². The van der Waals surface area contributed by atoms with Gasteiger partial charge in [0.15, 0.2) is 6.29 Å². The predicted octanol–water partition coefficient (Wildman–Crippen LogP) is 2.96. The van der Waals surface area contributed by atoms with Crippen LogP contribution in [0.1, 0.15) is 36.6 Å². The number of likely N-dealkylation sites (N-methyl/N-ethyl adjacent to an activating group) is 1. The van der Waals surface area contributed by atoms with Crippen molar-refractivity contribution in [3.8, 4) is 0 Å². The Morgan fingerprint density at radius 2 is 1.72 bits per heavy atom. The first-order chi connectivity index (χ1) is 8.65. The number of hydrogen-bond acceptors (Lipinski definition) is 3. The van der Waals surface area contributed by atoms with E-state index in [1.54, 1.807) is 0 Å². The molecule has 1 atom stereocenters. The van der Waals surface area contributed by atoms with Crippen molar-refractivity contribution in [2.45, 2.75) is 40.0 Å². The van der Waals surface area contributed by atoms with Crippen molar-refractivity contribution in [1.29, 1.82) is 0 Å². The van der Waals surface area contributed by atoms with Gasteiger partial charge in [0, 0.05) is 13.2 Å². The predicted molar refractivity (Wildman–Crippen MR) is 74.8 cm³/mol. The van der Waals surface area contributed by atoms with Crippen molar-refractivity contribution in [3.05, 3.63) is 34.9 Å². The molecule has 1 N–H and O–H groups in total. The second kappa shape index (κ2) is 7.52. The molecule has 0 radical (unpaired) electrons. The van der Waals surface area contributed by atoms with Crippen LogP contribution in [0.25, 0.3) is 0 Å². The fourth-order valence-corrected chi connectivity index (χ4v) is 2.12. The molecule has 0 bridgehead atoms. The Kier molecular flexibility index (Phi) is 6.33. The lowest BCUT2D eigenvalue weighted by atomic mass is 9.97. The van der Waals surface area contributed by atoms with Crippen LogP contribution in [0, 0.1) is 13.8 Å². The third kappa shape index (κ3) is 3.55. The Labute approximate surface area is 110 Å². The zero-order valence-electron chi connectivity index (χ0n) is 12.1. The number of hydrogen-bond donors (Lipinski definition) is 1. The average Bonchev–Trinajstić information content (AvgIpc) is 2.36. The van der Waals surface area contributed by atoms with E-state index >= 15 is 0 Å². The molecule has 1 unspecified atom stereocenters. The molecule has 0 amide bonds. The molecule has 3 heteroatoms. The highest BCUT2D eigenvalue weighted by Crippen LogP contribution is 2.25. The van der Waals surface area contributed by atoms with E-state index in [0.29, 0.717) is 13.2 Å². The van der Waals surface area contributed by atoms with E-state index in [4.69, 9.17) is 9.47 Å². The molecule has 0 aliphatic rings. The van der Waals surface area contributed by atoms with Gasteiger partial charge in [-0.1, -0.05) is 18.2 Å². The Hall–Kier alpha value is -0.900. The van der Waals surface area contributed by atoms with Gasteiger partial charge in [0.2, 0.25) is 0 Å². The summed E-state index contributed by atoms with van der Waals surface area (Å²) in [6.07, 6.45) is -0.245. The van der Waals surface area contributed by atoms with Gasteiger partial charge in [-0.2, -0.15) is 0 Å². The van der Waals surface area contributed by atoms with Crippen LogP contribution in [0.15, 0.2) is 18.2 Å². The van der Waals surface area contributed by atoms with E-state index in [-0.39, 0.29) is 12.3 Å². The Morgan fingerprint density at radius 3 is 2.22 bits per heavy atom. The molecule has 1 aromatic carbocycles. The maximum absolute atomic E-state index is 5.70. The highest BCUT2D eigenvalue weighted by molar-refractivity contribution is 5.35. The van der Waals surface area contributed by atoms with Crippen molar-refractivity contribution in [3.63, 3.8) is 0 Å². The normalized spacial score (nSPS) is 13.0. The van der Waals surface area contributed by atoms with E-state index in [9.17, 15) is 0 Å². The Balaban J connectivity index is 3.02. The summed E-state index contributed by atoms with van der Waals surface area (Å²) in [4.78, 5) is 0. The van der Waals surface area contributed by atoms with Gasteiger partial charge < -0.3 is 14.8 Å². The van der Waals surface area contributed by atoms with Crippen molar-refractivity contribution in [2.24, 2.45) is 0 Å². The molecule has 0 spiro atoms. The molecule has 0 saturated heterocycles. The molecule has 1 rings (SSSR count). The summed E-state index contributed by atoms with van der Waals surface area (Å²) < 4.78 is 11.4. The van der Waals surface area contributed by atoms with E-state index in [1.807, 2.05) is 20.9 Å². The molecular weight excluding hydrogens is 226 g/mol. The van der Waals surface area contributed by atoms with E-state index in [1.165, 1.54) is 16.7 Å². The smallest absolute Gasteiger partial charge is 0.176 e. The van der Waals surface area contributed by atoms with E-state index in [2.05, 4.69) is 37.4 Å². The molecule has 0 aliphatic carbocycles. The number of rotatable bonds is 7. The third-order valence-corrected chi connectivity index (χ3v) is 3.23. The number of nitrogens with one attached hydrogen (secondary N) is 1. The Bertz CT molecular complexity index is 360. The van der Waals surface area contributed by atoms with Crippen molar-refractivity contribution < 1.29 is 9.47 Å². The van der Waals surface area contributed by atoms with Gasteiger partial charge in [-0.25, -0.2) is 0 Å². The van der Waals surface area contributed by atoms with Crippen LogP contribution < -0.4 is 5.32 Å². The fourth-order valence-electron chi connectivity index (χ4n) is 2.12. The first-order valence-corrected chi connectivity index (χ1v) is 6.62. The summed E-state index contributed by atoms with van der Waals surface area (Å²) >= 11 is 0. The first-order valence-electron chi connectivity index (χ1n) is 6.62. The minimum atomic E-state index is -0.245. The maximum Gasteiger partial charge on any atom is 0.176 e. The molecule has 3 nitrogen and oxygen atoms in total. The summed E-state index contributed by atoms with van der Waals surface area (Å²) in [5.41, 5.74) is 3.82. The van der Waals surface area contributed by atoms with Gasteiger partial charge in [0.05, 0.1) is 6.04 Å². The SMILES string of the molecule is CCOC(OCC)C(NC)c1cccc(C)c1C. The van der Waals surface area contributed by atoms with Gasteiger partial charge in [-0.05, 0) is 51.4 Å². The van der Waals surface area contributed by atoms with E-state index in [0.717, 1.165) is 0 Å². The minimum Gasteiger partial charge on any atom is -0.351 e. The summed E-state index contributed by atoms with van der Waals surface area (Å²) in [5.74, 6) is 0. The van der Waals surface area contributed by atoms with Gasteiger partial charge in [0.25, 0.3) is 0 Å². The van der Waals surface area contributed by atoms with Crippen LogP contribution in [-0.4, -0.2) is 26.6 Å². The Morgan fingerprint density at radius 1 is 1.11 bits per heavy atom. The maximum atomic E-state index is 5.70. The molecule has 18 heavy (non-hydrogen) atoms. The van der Waals surface area contributed by atoms with Crippen molar-refractivity contribution in [1.82, 2.24) is 5.32 Å². The lowest BCUT2D eigenvalue weighted by Crippen LogP contribution is -2.34. The largest absolute Gasteiger partial charge is 0.351 e. The lowest BCUT2D eigenvalue weighted by Gasteiger charge is -2.28. The zero-order valence-corrected chi connectivity index (χ0v) is 12.1. The molecule has 0 aliphatic heterocycles. The lowest BCUT2D eigenvalue weighted by molar-refractivity contribution is -0.154. The first kappa shape index (κ1) is 15.2. The zero-order chi connectivity index (χ0) is 13.5. The second-order valence-corrected chi connectivity index (χ2v) is 4.33. The second-order valence-electron chi connectivity index (χ2n) is 4.33. The van der Waals surface area contributed by atoms with Gasteiger partial charge in [-0.15, -0.1) is 0 Å². The topological polar surface area (TPSA) is 30.5 Å².